The molecule has 2 aromatic rings. The molecule has 2 N–H and O–H groups in total. The summed E-state index contributed by atoms with van der Waals surface area (Å²) in [4.78, 5) is 11.7. The summed E-state index contributed by atoms with van der Waals surface area (Å²) in [7, 11) is 0. The van der Waals surface area contributed by atoms with Crippen LogP contribution < -0.4 is 10.6 Å². The third kappa shape index (κ3) is 5.30. The van der Waals surface area contributed by atoms with Gasteiger partial charge >= 0.3 is 6.03 Å². The average molecular weight is 376 g/mol. The molecule has 1 heterocycles. The summed E-state index contributed by atoms with van der Waals surface area (Å²) in [5.74, 6) is 0.320. The monoisotopic (exact) mass is 374 g/mol. The Morgan fingerprint density at radius 2 is 2.00 bits per heavy atom. The van der Waals surface area contributed by atoms with E-state index in [9.17, 15) is 4.79 Å². The first-order chi connectivity index (χ1) is 11.0. The molecular formula is C15H17Cl3N4O. The molecule has 2 rings (SSSR count). The SMILES string of the molecule is CCCCNC(=O)Nc1nn(Cc2ccc(Cl)c(Cl)c2)cc1Cl. The van der Waals surface area contributed by atoms with Gasteiger partial charge in [0.25, 0.3) is 0 Å². The van der Waals surface area contributed by atoms with Gasteiger partial charge in [0.15, 0.2) is 5.82 Å². The van der Waals surface area contributed by atoms with Crippen LogP contribution in [0.4, 0.5) is 10.6 Å². The van der Waals surface area contributed by atoms with Crippen LogP contribution in [-0.2, 0) is 6.54 Å². The number of carbonyl (C=O) groups excluding carboxylic acids is 1. The molecule has 1 aromatic heterocycles. The van der Waals surface area contributed by atoms with Crippen LogP contribution in [0.3, 0.4) is 0 Å². The van der Waals surface area contributed by atoms with E-state index >= 15 is 0 Å². The number of nitrogens with one attached hydrogen (secondary N) is 2. The highest BCUT2D eigenvalue weighted by atomic mass is 35.5. The first kappa shape index (κ1) is 17.9. The Labute approximate surface area is 149 Å². The quantitative estimate of drug-likeness (QED) is 0.712. The van der Waals surface area contributed by atoms with E-state index in [0.717, 1.165) is 18.4 Å². The zero-order chi connectivity index (χ0) is 16.8. The molecule has 0 aliphatic heterocycles. The summed E-state index contributed by atoms with van der Waals surface area (Å²) in [5, 5.41) is 11.0. The lowest BCUT2D eigenvalue weighted by atomic mass is 10.2. The minimum atomic E-state index is -0.319. The number of nitrogens with zero attached hydrogens (tertiary/aromatic N) is 2. The summed E-state index contributed by atoms with van der Waals surface area (Å²) in [5.41, 5.74) is 0.928. The maximum atomic E-state index is 11.7. The van der Waals surface area contributed by atoms with Gasteiger partial charge in [-0.25, -0.2) is 4.79 Å². The lowest BCUT2D eigenvalue weighted by Gasteiger charge is -2.05. The van der Waals surface area contributed by atoms with Crippen LogP contribution in [0.2, 0.25) is 15.1 Å². The smallest absolute Gasteiger partial charge is 0.320 e. The molecule has 1 aromatic carbocycles. The molecule has 0 fully saturated rings. The molecule has 0 unspecified atom stereocenters. The maximum absolute atomic E-state index is 11.7. The second kappa shape index (κ2) is 8.43. The van der Waals surface area contributed by atoms with Crippen molar-refractivity contribution in [2.24, 2.45) is 0 Å². The Kier molecular flexibility index (Phi) is 6.57. The number of carbonyl (C=O) groups is 1. The van der Waals surface area contributed by atoms with Gasteiger partial charge in [0.2, 0.25) is 0 Å². The predicted molar refractivity (Wildman–Crippen MR) is 94.7 cm³/mol. The van der Waals surface area contributed by atoms with Crippen LogP contribution in [0.5, 0.6) is 0 Å². The number of anilines is 1. The number of amides is 2. The Balaban J connectivity index is 2.00. The van der Waals surface area contributed by atoms with E-state index < -0.39 is 0 Å². The topological polar surface area (TPSA) is 59.0 Å². The van der Waals surface area contributed by atoms with Crippen molar-refractivity contribution in [3.63, 3.8) is 0 Å². The number of urea groups is 1. The molecule has 0 radical (unpaired) electrons. The number of aromatic nitrogens is 2. The van der Waals surface area contributed by atoms with E-state index in [-0.39, 0.29) is 6.03 Å². The molecule has 124 valence electrons. The van der Waals surface area contributed by atoms with Crippen LogP contribution in [0, 0.1) is 0 Å². The van der Waals surface area contributed by atoms with Gasteiger partial charge in [0.05, 0.1) is 16.6 Å². The van der Waals surface area contributed by atoms with Gasteiger partial charge in [-0.3, -0.25) is 10.00 Å². The summed E-state index contributed by atoms with van der Waals surface area (Å²) >= 11 is 18.0. The normalized spacial score (nSPS) is 10.6. The highest BCUT2D eigenvalue weighted by Crippen LogP contribution is 2.24. The van der Waals surface area contributed by atoms with E-state index in [0.29, 0.717) is 34.0 Å². The van der Waals surface area contributed by atoms with Crippen molar-refractivity contribution in [1.82, 2.24) is 15.1 Å². The highest BCUT2D eigenvalue weighted by Gasteiger charge is 2.11. The maximum Gasteiger partial charge on any atom is 0.320 e. The van der Waals surface area contributed by atoms with Crippen molar-refractivity contribution in [2.45, 2.75) is 26.3 Å². The molecule has 0 atom stereocenters. The van der Waals surface area contributed by atoms with Gasteiger partial charge in [-0.1, -0.05) is 54.2 Å². The number of hydrogen-bond donors (Lipinski definition) is 2. The zero-order valence-electron chi connectivity index (χ0n) is 12.6. The van der Waals surface area contributed by atoms with Crippen LogP contribution in [-0.4, -0.2) is 22.4 Å². The second-order valence-corrected chi connectivity index (χ2v) is 6.23. The van der Waals surface area contributed by atoms with E-state index in [2.05, 4.69) is 22.7 Å². The van der Waals surface area contributed by atoms with Gasteiger partial charge in [0, 0.05) is 12.7 Å². The van der Waals surface area contributed by atoms with Crippen molar-refractivity contribution in [3.05, 3.63) is 45.0 Å². The summed E-state index contributed by atoms with van der Waals surface area (Å²) in [6, 6.07) is 5.03. The largest absolute Gasteiger partial charge is 0.338 e. The van der Waals surface area contributed by atoms with Gasteiger partial charge in [-0.15, -0.1) is 0 Å². The second-order valence-electron chi connectivity index (χ2n) is 5.01. The lowest BCUT2D eigenvalue weighted by molar-refractivity contribution is 0.252. The molecule has 0 aliphatic rings. The Bertz CT molecular complexity index is 687. The first-order valence-corrected chi connectivity index (χ1v) is 8.34. The summed E-state index contributed by atoms with van der Waals surface area (Å²) in [6.45, 7) is 3.14. The highest BCUT2D eigenvalue weighted by molar-refractivity contribution is 6.42. The Hall–Kier alpha value is -1.43. The van der Waals surface area contributed by atoms with Crippen LogP contribution in [0.25, 0.3) is 0 Å². The minimum absolute atomic E-state index is 0.319. The van der Waals surface area contributed by atoms with Crippen molar-refractivity contribution >= 4 is 46.7 Å². The average Bonchev–Trinajstić information content (AvgIpc) is 2.83. The summed E-state index contributed by atoms with van der Waals surface area (Å²) < 4.78 is 1.63. The molecule has 8 heteroatoms. The number of benzene rings is 1. The fourth-order valence-electron chi connectivity index (χ4n) is 1.92. The minimum Gasteiger partial charge on any atom is -0.338 e. The Morgan fingerprint density at radius 3 is 2.70 bits per heavy atom. The third-order valence-electron chi connectivity index (χ3n) is 3.09. The van der Waals surface area contributed by atoms with E-state index in [1.165, 1.54) is 0 Å². The molecule has 0 spiro atoms. The third-order valence-corrected chi connectivity index (χ3v) is 4.11. The van der Waals surface area contributed by atoms with Crippen molar-refractivity contribution in [1.29, 1.82) is 0 Å². The molecule has 23 heavy (non-hydrogen) atoms. The molecule has 0 saturated carbocycles. The first-order valence-electron chi connectivity index (χ1n) is 7.21. The summed E-state index contributed by atoms with van der Waals surface area (Å²) in [6.07, 6.45) is 3.58. The van der Waals surface area contributed by atoms with Crippen LogP contribution in [0.1, 0.15) is 25.3 Å². The zero-order valence-corrected chi connectivity index (χ0v) is 14.8. The predicted octanol–water partition coefficient (Wildman–Crippen LogP) is 4.81. The van der Waals surface area contributed by atoms with E-state index in [1.54, 1.807) is 23.0 Å². The van der Waals surface area contributed by atoms with Gasteiger partial charge in [-0.05, 0) is 24.1 Å². The standard InChI is InChI=1S/C15H17Cl3N4O/c1-2-3-6-19-15(23)20-14-13(18)9-22(21-14)8-10-4-5-11(16)12(17)7-10/h4-5,7,9H,2-3,6,8H2,1H3,(H2,19,20,21,23). The molecule has 0 aliphatic carbocycles. The van der Waals surface area contributed by atoms with E-state index in [4.69, 9.17) is 34.8 Å². The fourth-order valence-corrected chi connectivity index (χ4v) is 2.44. The van der Waals surface area contributed by atoms with Crippen molar-refractivity contribution in [3.8, 4) is 0 Å². The number of rotatable bonds is 6. The number of halogens is 3. The fraction of sp³-hybridized carbons (Fsp3) is 0.333. The van der Waals surface area contributed by atoms with Gasteiger partial charge in [-0.2, -0.15) is 5.10 Å². The molecule has 2 amide bonds. The molecule has 0 bridgehead atoms. The number of unbranched alkanes of at least 4 members (excludes halogenated alkanes) is 1. The number of hydrogen-bond acceptors (Lipinski definition) is 2. The van der Waals surface area contributed by atoms with Crippen LogP contribution in [0.15, 0.2) is 24.4 Å². The van der Waals surface area contributed by atoms with Gasteiger partial charge in [0.1, 0.15) is 5.02 Å². The lowest BCUT2D eigenvalue weighted by Crippen LogP contribution is -2.29. The van der Waals surface area contributed by atoms with Crippen LogP contribution >= 0.6 is 34.8 Å². The van der Waals surface area contributed by atoms with Crippen molar-refractivity contribution < 1.29 is 4.79 Å². The van der Waals surface area contributed by atoms with Crippen molar-refractivity contribution in [2.75, 3.05) is 11.9 Å². The molecular weight excluding hydrogens is 359 g/mol. The Morgan fingerprint density at radius 1 is 1.22 bits per heavy atom. The molecule has 5 nitrogen and oxygen atoms in total. The van der Waals surface area contributed by atoms with E-state index in [1.807, 2.05) is 6.07 Å². The molecule has 0 saturated heterocycles. The van der Waals surface area contributed by atoms with Gasteiger partial charge < -0.3 is 5.32 Å².